The molecule has 1 saturated heterocycles. The van der Waals surface area contributed by atoms with Gasteiger partial charge in [-0.25, -0.2) is 4.99 Å². The van der Waals surface area contributed by atoms with Gasteiger partial charge in [-0.3, -0.25) is 9.79 Å². The Morgan fingerprint density at radius 2 is 1.77 bits per heavy atom. The highest BCUT2D eigenvalue weighted by Gasteiger charge is 2.39. The van der Waals surface area contributed by atoms with Gasteiger partial charge in [0, 0.05) is 41.7 Å². The van der Waals surface area contributed by atoms with E-state index in [-0.39, 0.29) is 11.6 Å². The van der Waals surface area contributed by atoms with Crippen molar-refractivity contribution in [3.05, 3.63) is 64.1 Å². The van der Waals surface area contributed by atoms with Gasteiger partial charge in [0.2, 0.25) is 5.91 Å². The van der Waals surface area contributed by atoms with Crippen LogP contribution in [0.2, 0.25) is 0 Å². The predicted molar refractivity (Wildman–Crippen MR) is 134 cm³/mol. The summed E-state index contributed by atoms with van der Waals surface area (Å²) in [5.74, 6) is 0.274. The van der Waals surface area contributed by atoms with Gasteiger partial charge in [-0.2, -0.15) is 0 Å². The number of nitrogens with zero attached hydrogens (tertiary/aromatic N) is 3. The maximum atomic E-state index is 12.6. The first-order valence-electron chi connectivity index (χ1n) is 10.6. The van der Waals surface area contributed by atoms with Gasteiger partial charge in [0.1, 0.15) is 5.04 Å². The van der Waals surface area contributed by atoms with Crippen LogP contribution in [0.1, 0.15) is 30.9 Å². The lowest BCUT2D eigenvalue weighted by atomic mass is 9.99. The molecule has 0 unspecified atom stereocenters. The Balaban J connectivity index is 1.48. The third kappa shape index (κ3) is 5.45. The molecule has 7 heteroatoms. The van der Waals surface area contributed by atoms with Crippen LogP contribution >= 0.6 is 27.7 Å². The molecule has 162 valence electrons. The van der Waals surface area contributed by atoms with Crippen molar-refractivity contribution in [1.29, 1.82) is 0 Å². The zero-order valence-electron chi connectivity index (χ0n) is 17.9. The highest BCUT2D eigenvalue weighted by Crippen LogP contribution is 2.35. The number of hydrogen-bond donors (Lipinski definition) is 1. The molecule has 0 radical (unpaired) electrons. The predicted octanol–water partition coefficient (Wildman–Crippen LogP) is 5.01. The van der Waals surface area contributed by atoms with Crippen molar-refractivity contribution in [3.63, 3.8) is 0 Å². The van der Waals surface area contributed by atoms with Crippen LogP contribution in [0.15, 0.2) is 63.0 Å². The smallest absolute Gasteiger partial charge is 0.234 e. The van der Waals surface area contributed by atoms with E-state index in [2.05, 4.69) is 52.3 Å². The Morgan fingerprint density at radius 3 is 2.42 bits per heavy atom. The summed E-state index contributed by atoms with van der Waals surface area (Å²) in [4.78, 5) is 25.0. The van der Waals surface area contributed by atoms with Gasteiger partial charge in [0.15, 0.2) is 5.66 Å². The minimum Gasteiger partial charge on any atom is -0.325 e. The van der Waals surface area contributed by atoms with E-state index in [1.807, 2.05) is 36.4 Å². The molecule has 2 heterocycles. The molecule has 1 amide bonds. The van der Waals surface area contributed by atoms with E-state index in [0.29, 0.717) is 5.75 Å². The van der Waals surface area contributed by atoms with Crippen molar-refractivity contribution in [1.82, 2.24) is 4.90 Å². The first kappa shape index (κ1) is 22.2. The molecule has 0 aromatic heterocycles. The summed E-state index contributed by atoms with van der Waals surface area (Å²) in [6.07, 6.45) is 2.80. The lowest BCUT2D eigenvalue weighted by Crippen LogP contribution is -2.39. The zero-order valence-corrected chi connectivity index (χ0v) is 20.3. The van der Waals surface area contributed by atoms with Gasteiger partial charge in [-0.05, 0) is 43.3 Å². The van der Waals surface area contributed by atoms with Crippen LogP contribution in [0.3, 0.4) is 0 Å². The monoisotopic (exact) mass is 498 g/mol. The Labute approximate surface area is 196 Å². The number of rotatable bonds is 5. The SMILES string of the molecule is CCc1ccc(NC(=O)CSC2=NC3(CCN(C)CC3)N=C2c2ccc(Br)cc2)cc1. The van der Waals surface area contributed by atoms with Gasteiger partial charge >= 0.3 is 0 Å². The molecule has 2 aromatic rings. The number of thioether (sulfide) groups is 1. The maximum absolute atomic E-state index is 12.6. The molecule has 2 aromatic carbocycles. The summed E-state index contributed by atoms with van der Waals surface area (Å²) in [5.41, 5.74) is 3.64. The molecule has 0 aliphatic carbocycles. The van der Waals surface area contributed by atoms with Crippen LogP contribution in [-0.4, -0.2) is 53.1 Å². The zero-order chi connectivity index (χ0) is 21.8. The molecule has 2 aliphatic heterocycles. The third-order valence-corrected chi connectivity index (χ3v) is 7.22. The number of aliphatic imine (C=N–C) groups is 2. The molecule has 0 saturated carbocycles. The minimum absolute atomic E-state index is 0.0311. The third-order valence-electron chi connectivity index (χ3n) is 5.72. The summed E-state index contributed by atoms with van der Waals surface area (Å²) in [6, 6.07) is 16.2. The van der Waals surface area contributed by atoms with E-state index in [9.17, 15) is 4.79 Å². The summed E-state index contributed by atoms with van der Waals surface area (Å²) in [5, 5.41) is 3.85. The number of anilines is 1. The van der Waals surface area contributed by atoms with E-state index in [4.69, 9.17) is 9.98 Å². The molecule has 0 bridgehead atoms. The van der Waals surface area contributed by atoms with Crippen molar-refractivity contribution in [2.75, 3.05) is 31.2 Å². The van der Waals surface area contributed by atoms with Crippen molar-refractivity contribution in [2.24, 2.45) is 9.98 Å². The van der Waals surface area contributed by atoms with Crippen molar-refractivity contribution in [3.8, 4) is 0 Å². The molecular weight excluding hydrogens is 472 g/mol. The first-order valence-corrected chi connectivity index (χ1v) is 12.4. The Hall–Kier alpha value is -1.96. The van der Waals surface area contributed by atoms with E-state index < -0.39 is 0 Å². The van der Waals surface area contributed by atoms with Crippen LogP contribution in [0.4, 0.5) is 5.69 Å². The van der Waals surface area contributed by atoms with Gasteiger partial charge in [0.05, 0.1) is 11.5 Å². The van der Waals surface area contributed by atoms with Gasteiger partial charge in [0.25, 0.3) is 0 Å². The van der Waals surface area contributed by atoms with Crippen molar-refractivity contribution < 1.29 is 4.79 Å². The topological polar surface area (TPSA) is 57.1 Å². The fourth-order valence-electron chi connectivity index (χ4n) is 3.77. The number of carbonyl (C=O) groups is 1. The minimum atomic E-state index is -0.385. The average molecular weight is 499 g/mol. The summed E-state index contributed by atoms with van der Waals surface area (Å²) < 4.78 is 1.03. The number of likely N-dealkylation sites (tertiary alicyclic amines) is 1. The number of amides is 1. The highest BCUT2D eigenvalue weighted by atomic mass is 79.9. The summed E-state index contributed by atoms with van der Waals surface area (Å²) in [6.45, 7) is 4.08. The Bertz CT molecular complexity index is 993. The van der Waals surface area contributed by atoms with E-state index >= 15 is 0 Å². The molecule has 1 N–H and O–H groups in total. The van der Waals surface area contributed by atoms with Crippen molar-refractivity contribution in [2.45, 2.75) is 31.8 Å². The molecular formula is C24H27BrN4OS. The first-order chi connectivity index (χ1) is 15.0. The molecule has 1 fully saturated rings. The largest absolute Gasteiger partial charge is 0.325 e. The van der Waals surface area contributed by atoms with Crippen LogP contribution in [0.25, 0.3) is 0 Å². The number of halogens is 1. The number of hydrogen-bond acceptors (Lipinski definition) is 5. The number of piperidine rings is 1. The number of carbonyl (C=O) groups excluding carboxylic acids is 1. The van der Waals surface area contributed by atoms with Gasteiger partial charge < -0.3 is 10.2 Å². The van der Waals surface area contributed by atoms with Gasteiger partial charge in [-0.15, -0.1) is 0 Å². The molecule has 4 rings (SSSR count). The fourth-order valence-corrected chi connectivity index (χ4v) is 4.91. The normalized spacial score (nSPS) is 18.0. The van der Waals surface area contributed by atoms with Crippen LogP contribution in [0, 0.1) is 0 Å². The number of nitrogens with one attached hydrogen (secondary N) is 1. The Kier molecular flexibility index (Phi) is 6.94. The van der Waals surface area contributed by atoms with E-state index in [1.54, 1.807) is 0 Å². The molecule has 1 spiro atoms. The molecule has 0 atom stereocenters. The standard InChI is InChI=1S/C24H27BrN4OS/c1-3-17-4-10-20(11-5-17)26-21(30)16-31-23-22(18-6-8-19(25)9-7-18)27-24(28-23)12-14-29(2)15-13-24/h4-11H,3,12-16H2,1-2H3,(H,26,30). The Morgan fingerprint density at radius 1 is 1.10 bits per heavy atom. The van der Waals surface area contributed by atoms with Crippen LogP contribution in [0.5, 0.6) is 0 Å². The quantitative estimate of drug-likeness (QED) is 0.630. The van der Waals surface area contributed by atoms with E-state index in [1.165, 1.54) is 17.3 Å². The number of benzene rings is 2. The molecule has 5 nitrogen and oxygen atoms in total. The highest BCUT2D eigenvalue weighted by molar-refractivity contribution is 9.10. The van der Waals surface area contributed by atoms with Crippen molar-refractivity contribution >= 4 is 50.0 Å². The second kappa shape index (κ2) is 9.67. The second-order valence-corrected chi connectivity index (χ2v) is 9.94. The fraction of sp³-hybridized carbons (Fsp3) is 0.375. The second-order valence-electron chi connectivity index (χ2n) is 8.06. The molecule has 31 heavy (non-hydrogen) atoms. The lowest BCUT2D eigenvalue weighted by molar-refractivity contribution is -0.113. The number of aryl methyl sites for hydroxylation is 1. The maximum Gasteiger partial charge on any atom is 0.234 e. The summed E-state index contributed by atoms with van der Waals surface area (Å²) >= 11 is 4.98. The van der Waals surface area contributed by atoms with Crippen LogP contribution < -0.4 is 5.32 Å². The van der Waals surface area contributed by atoms with E-state index in [0.717, 1.165) is 58.8 Å². The van der Waals surface area contributed by atoms with Gasteiger partial charge in [-0.1, -0.05) is 58.9 Å². The van der Waals surface area contributed by atoms with Crippen LogP contribution in [-0.2, 0) is 11.2 Å². The summed E-state index contributed by atoms with van der Waals surface area (Å²) in [7, 11) is 2.14. The average Bonchev–Trinajstić information content (AvgIpc) is 3.14. The lowest BCUT2D eigenvalue weighted by Gasteiger charge is -2.33. The molecule has 2 aliphatic rings.